The SMILES string of the molecule is Clc1cccc2c1oc1nccc(Br)c12. The number of furan rings is 1. The van der Waals surface area contributed by atoms with Crippen LogP contribution < -0.4 is 0 Å². The van der Waals surface area contributed by atoms with Crippen LogP contribution in [0.3, 0.4) is 0 Å². The molecule has 3 rings (SSSR count). The first kappa shape index (κ1) is 9.19. The highest BCUT2D eigenvalue weighted by Crippen LogP contribution is 2.35. The Bertz CT molecular complexity index is 662. The molecule has 0 saturated carbocycles. The van der Waals surface area contributed by atoms with E-state index in [1.807, 2.05) is 18.2 Å². The first-order valence-electron chi connectivity index (χ1n) is 4.38. The van der Waals surface area contributed by atoms with Crippen LogP contribution in [-0.2, 0) is 0 Å². The van der Waals surface area contributed by atoms with E-state index in [0.717, 1.165) is 15.2 Å². The average molecular weight is 283 g/mol. The number of rotatable bonds is 0. The van der Waals surface area contributed by atoms with Gasteiger partial charge in [0, 0.05) is 16.1 Å². The van der Waals surface area contributed by atoms with Gasteiger partial charge in [-0.15, -0.1) is 0 Å². The maximum Gasteiger partial charge on any atom is 0.228 e. The summed E-state index contributed by atoms with van der Waals surface area (Å²) >= 11 is 9.52. The Labute approximate surface area is 99.0 Å². The normalized spacial score (nSPS) is 11.3. The largest absolute Gasteiger partial charge is 0.436 e. The minimum atomic E-state index is 0.604. The highest BCUT2D eigenvalue weighted by molar-refractivity contribution is 9.10. The van der Waals surface area contributed by atoms with Crippen molar-refractivity contribution in [1.29, 1.82) is 0 Å². The lowest BCUT2D eigenvalue weighted by Crippen LogP contribution is -1.72. The van der Waals surface area contributed by atoms with Gasteiger partial charge in [0.05, 0.1) is 10.4 Å². The molecule has 0 saturated heterocycles. The van der Waals surface area contributed by atoms with Crippen LogP contribution in [0.15, 0.2) is 39.4 Å². The summed E-state index contributed by atoms with van der Waals surface area (Å²) in [7, 11) is 0. The van der Waals surface area contributed by atoms with Crippen LogP contribution in [0, 0.1) is 0 Å². The molecule has 1 aromatic carbocycles. The number of aromatic nitrogens is 1. The van der Waals surface area contributed by atoms with E-state index in [1.165, 1.54) is 0 Å². The Kier molecular flexibility index (Phi) is 1.97. The van der Waals surface area contributed by atoms with Gasteiger partial charge in [-0.3, -0.25) is 0 Å². The van der Waals surface area contributed by atoms with Crippen molar-refractivity contribution in [2.45, 2.75) is 0 Å². The maximum atomic E-state index is 6.04. The smallest absolute Gasteiger partial charge is 0.228 e. The summed E-state index contributed by atoms with van der Waals surface area (Å²) in [5.41, 5.74) is 1.29. The van der Waals surface area contributed by atoms with Crippen LogP contribution >= 0.6 is 27.5 Å². The van der Waals surface area contributed by atoms with Gasteiger partial charge in [0.1, 0.15) is 0 Å². The second-order valence-electron chi connectivity index (χ2n) is 3.19. The third-order valence-electron chi connectivity index (χ3n) is 2.30. The van der Waals surface area contributed by atoms with Gasteiger partial charge in [0.25, 0.3) is 0 Å². The Morgan fingerprint density at radius 2 is 2.13 bits per heavy atom. The highest BCUT2D eigenvalue weighted by Gasteiger charge is 2.12. The zero-order chi connectivity index (χ0) is 10.4. The van der Waals surface area contributed by atoms with Crippen molar-refractivity contribution < 1.29 is 4.42 Å². The maximum absolute atomic E-state index is 6.04. The summed E-state index contributed by atoms with van der Waals surface area (Å²) < 4.78 is 6.56. The second-order valence-corrected chi connectivity index (χ2v) is 4.45. The number of benzene rings is 1. The van der Waals surface area contributed by atoms with Crippen LogP contribution in [0.1, 0.15) is 0 Å². The van der Waals surface area contributed by atoms with Gasteiger partial charge in [0.15, 0.2) is 5.58 Å². The summed E-state index contributed by atoms with van der Waals surface area (Å²) in [6.07, 6.45) is 1.70. The standard InChI is InChI=1S/C11H5BrClNO/c12-7-4-5-14-11-9(7)6-2-1-3-8(13)10(6)15-11/h1-5H. The van der Waals surface area contributed by atoms with Crippen molar-refractivity contribution in [3.8, 4) is 0 Å². The van der Waals surface area contributed by atoms with Crippen LogP contribution in [0.4, 0.5) is 0 Å². The molecular formula is C11H5BrClNO. The molecule has 0 aliphatic carbocycles. The number of fused-ring (bicyclic) bond motifs is 3. The van der Waals surface area contributed by atoms with E-state index in [2.05, 4.69) is 20.9 Å². The average Bonchev–Trinajstić information content (AvgIpc) is 2.59. The lowest BCUT2D eigenvalue weighted by atomic mass is 10.2. The van der Waals surface area contributed by atoms with Crippen molar-refractivity contribution in [2.24, 2.45) is 0 Å². The quantitative estimate of drug-likeness (QED) is 0.611. The zero-order valence-electron chi connectivity index (χ0n) is 7.50. The van der Waals surface area contributed by atoms with E-state index in [-0.39, 0.29) is 0 Å². The van der Waals surface area contributed by atoms with Crippen LogP contribution in [0.5, 0.6) is 0 Å². The first-order valence-corrected chi connectivity index (χ1v) is 5.56. The molecule has 0 unspecified atom stereocenters. The van der Waals surface area contributed by atoms with Gasteiger partial charge in [0.2, 0.25) is 5.71 Å². The van der Waals surface area contributed by atoms with Gasteiger partial charge < -0.3 is 4.42 Å². The summed E-state index contributed by atoms with van der Waals surface area (Å²) in [5, 5.41) is 2.56. The molecule has 0 fully saturated rings. The fraction of sp³-hybridized carbons (Fsp3) is 0. The lowest BCUT2D eigenvalue weighted by Gasteiger charge is -1.92. The van der Waals surface area contributed by atoms with E-state index in [9.17, 15) is 0 Å². The third kappa shape index (κ3) is 1.27. The van der Waals surface area contributed by atoms with Crippen LogP contribution in [0.25, 0.3) is 22.1 Å². The monoisotopic (exact) mass is 281 g/mol. The molecule has 0 aliphatic rings. The molecule has 0 spiro atoms. The molecule has 74 valence electrons. The van der Waals surface area contributed by atoms with Crippen LogP contribution in [0.2, 0.25) is 5.02 Å². The number of para-hydroxylation sites is 1. The molecule has 0 N–H and O–H groups in total. The molecule has 2 nitrogen and oxygen atoms in total. The summed E-state index contributed by atoms with van der Waals surface area (Å²) in [6, 6.07) is 7.57. The Balaban J connectivity index is 2.65. The van der Waals surface area contributed by atoms with Gasteiger partial charge >= 0.3 is 0 Å². The minimum absolute atomic E-state index is 0.604. The molecule has 0 radical (unpaired) electrons. The Morgan fingerprint density at radius 1 is 1.27 bits per heavy atom. The summed E-state index contributed by atoms with van der Waals surface area (Å²) in [5.74, 6) is 0. The topological polar surface area (TPSA) is 26.0 Å². The van der Waals surface area contributed by atoms with Crippen molar-refractivity contribution in [3.63, 3.8) is 0 Å². The second kappa shape index (κ2) is 3.22. The van der Waals surface area contributed by atoms with Gasteiger partial charge in [-0.2, -0.15) is 0 Å². The molecule has 2 aromatic heterocycles. The summed E-state index contributed by atoms with van der Waals surface area (Å²) in [4.78, 5) is 4.17. The molecule has 2 heterocycles. The molecule has 15 heavy (non-hydrogen) atoms. The molecule has 0 aliphatic heterocycles. The molecule has 0 amide bonds. The molecule has 3 aromatic rings. The molecular weight excluding hydrogens is 277 g/mol. The number of halogens is 2. The Morgan fingerprint density at radius 3 is 3.00 bits per heavy atom. The van der Waals surface area contributed by atoms with Crippen molar-refractivity contribution in [1.82, 2.24) is 4.98 Å². The number of hydrogen-bond acceptors (Lipinski definition) is 2. The van der Waals surface area contributed by atoms with E-state index in [4.69, 9.17) is 16.0 Å². The predicted octanol–water partition coefficient (Wildman–Crippen LogP) is 4.40. The predicted molar refractivity (Wildman–Crippen MR) is 64.2 cm³/mol. The van der Waals surface area contributed by atoms with E-state index in [1.54, 1.807) is 12.3 Å². The first-order chi connectivity index (χ1) is 7.27. The molecule has 0 atom stereocenters. The Hall–Kier alpha value is -1.06. The number of nitrogens with zero attached hydrogens (tertiary/aromatic N) is 1. The zero-order valence-corrected chi connectivity index (χ0v) is 9.84. The van der Waals surface area contributed by atoms with Crippen molar-refractivity contribution >= 4 is 49.6 Å². The van der Waals surface area contributed by atoms with Crippen molar-refractivity contribution in [2.75, 3.05) is 0 Å². The molecule has 0 bridgehead atoms. The van der Waals surface area contributed by atoms with Gasteiger partial charge in [-0.1, -0.05) is 23.7 Å². The fourth-order valence-corrected chi connectivity index (χ4v) is 2.36. The molecule has 4 heteroatoms. The van der Waals surface area contributed by atoms with Gasteiger partial charge in [-0.25, -0.2) is 4.98 Å². The van der Waals surface area contributed by atoms with Crippen LogP contribution in [-0.4, -0.2) is 4.98 Å². The van der Waals surface area contributed by atoms with E-state index < -0.39 is 0 Å². The third-order valence-corrected chi connectivity index (χ3v) is 3.26. The number of hydrogen-bond donors (Lipinski definition) is 0. The van der Waals surface area contributed by atoms with Crippen molar-refractivity contribution in [3.05, 3.63) is 40.0 Å². The minimum Gasteiger partial charge on any atom is -0.436 e. The highest BCUT2D eigenvalue weighted by atomic mass is 79.9. The summed E-state index contributed by atoms with van der Waals surface area (Å²) in [6.45, 7) is 0. The fourth-order valence-electron chi connectivity index (χ4n) is 1.65. The lowest BCUT2D eigenvalue weighted by molar-refractivity contribution is 0.654. The number of pyridine rings is 1. The van der Waals surface area contributed by atoms with Gasteiger partial charge in [-0.05, 0) is 28.1 Å². The van der Waals surface area contributed by atoms with E-state index >= 15 is 0 Å². The van der Waals surface area contributed by atoms with E-state index in [0.29, 0.717) is 16.3 Å².